The van der Waals surface area contributed by atoms with Gasteiger partial charge in [-0.1, -0.05) is 13.8 Å². The van der Waals surface area contributed by atoms with Crippen molar-refractivity contribution in [2.24, 2.45) is 11.7 Å². The van der Waals surface area contributed by atoms with Crippen molar-refractivity contribution in [3.05, 3.63) is 0 Å². The number of nitrogens with one attached hydrogen (secondary N) is 1. The van der Waals surface area contributed by atoms with E-state index in [-0.39, 0.29) is 11.8 Å². The third kappa shape index (κ3) is 3.37. The Labute approximate surface area is 95.1 Å². The minimum Gasteiger partial charge on any atom is -0.352 e. The van der Waals surface area contributed by atoms with E-state index in [2.05, 4.69) is 5.32 Å². The topological polar surface area (TPSA) is 84.7 Å². The van der Waals surface area contributed by atoms with E-state index in [9.17, 15) is 9.59 Å². The molecule has 0 aromatic rings. The van der Waals surface area contributed by atoms with E-state index in [1.165, 1.54) is 5.06 Å². The Morgan fingerprint density at radius 2 is 2.06 bits per heavy atom. The van der Waals surface area contributed by atoms with Gasteiger partial charge in [0.2, 0.25) is 0 Å². The number of rotatable bonds is 3. The maximum atomic E-state index is 12.0. The molecule has 0 aromatic heterocycles. The second-order valence-electron chi connectivity index (χ2n) is 4.21. The average Bonchev–Trinajstić information content (AvgIpc) is 2.25. The quantitative estimate of drug-likeness (QED) is 0.726. The molecule has 3 amide bonds. The second kappa shape index (κ2) is 5.69. The van der Waals surface area contributed by atoms with Crippen molar-refractivity contribution < 1.29 is 14.4 Å². The number of urea groups is 1. The molecule has 92 valence electrons. The third-order valence-corrected chi connectivity index (χ3v) is 2.48. The summed E-state index contributed by atoms with van der Waals surface area (Å²) in [6, 6.07) is -1.31. The molecule has 1 aliphatic heterocycles. The number of nitrogens with two attached hydrogens (primary N) is 1. The molecule has 0 spiro atoms. The van der Waals surface area contributed by atoms with Gasteiger partial charge in [-0.3, -0.25) is 9.63 Å². The largest absolute Gasteiger partial charge is 0.352 e. The molecule has 1 aliphatic rings. The minimum absolute atomic E-state index is 0.0227. The molecule has 1 heterocycles. The van der Waals surface area contributed by atoms with Gasteiger partial charge in [0.15, 0.2) is 0 Å². The van der Waals surface area contributed by atoms with Gasteiger partial charge in [-0.25, -0.2) is 9.86 Å². The molecule has 0 bridgehead atoms. The van der Waals surface area contributed by atoms with E-state index in [0.717, 1.165) is 12.8 Å². The van der Waals surface area contributed by atoms with Gasteiger partial charge in [0.1, 0.15) is 6.04 Å². The highest BCUT2D eigenvalue weighted by Gasteiger charge is 2.29. The van der Waals surface area contributed by atoms with Crippen LogP contribution in [-0.4, -0.2) is 36.2 Å². The van der Waals surface area contributed by atoms with E-state index < -0.39 is 12.1 Å². The predicted octanol–water partition coefficient (Wildman–Crippen LogP) is 0.233. The number of nitrogens with zero attached hydrogens (tertiary/aromatic N) is 1. The van der Waals surface area contributed by atoms with Crippen LogP contribution in [0.15, 0.2) is 0 Å². The molecule has 0 aromatic carbocycles. The molecule has 3 N–H and O–H groups in total. The summed E-state index contributed by atoms with van der Waals surface area (Å²) in [4.78, 5) is 28.1. The number of carbonyl (C=O) groups excluding carboxylic acids is 2. The summed E-state index contributed by atoms with van der Waals surface area (Å²) < 4.78 is 0. The van der Waals surface area contributed by atoms with E-state index in [4.69, 9.17) is 10.6 Å². The number of carbonyl (C=O) groups is 2. The summed E-state index contributed by atoms with van der Waals surface area (Å²) in [6.07, 6.45) is 1.88. The molecule has 1 atom stereocenters. The van der Waals surface area contributed by atoms with Gasteiger partial charge < -0.3 is 11.1 Å². The lowest BCUT2D eigenvalue weighted by molar-refractivity contribution is -0.199. The van der Waals surface area contributed by atoms with Crippen LogP contribution < -0.4 is 11.1 Å². The summed E-state index contributed by atoms with van der Waals surface area (Å²) in [6.45, 7) is 4.82. The SMILES string of the molecule is CC(C)C(NC(N)=O)C(=O)N1CCCCO1. The summed E-state index contributed by atoms with van der Waals surface area (Å²) in [5.41, 5.74) is 5.04. The maximum absolute atomic E-state index is 12.0. The van der Waals surface area contributed by atoms with Gasteiger partial charge in [0, 0.05) is 6.54 Å². The van der Waals surface area contributed by atoms with Crippen LogP contribution >= 0.6 is 0 Å². The van der Waals surface area contributed by atoms with Gasteiger partial charge in [0.25, 0.3) is 5.91 Å². The van der Waals surface area contributed by atoms with Crippen molar-refractivity contribution in [1.82, 2.24) is 10.4 Å². The number of hydroxylamine groups is 2. The van der Waals surface area contributed by atoms with Crippen molar-refractivity contribution in [3.63, 3.8) is 0 Å². The fraction of sp³-hybridized carbons (Fsp3) is 0.800. The zero-order valence-electron chi connectivity index (χ0n) is 9.73. The van der Waals surface area contributed by atoms with Crippen molar-refractivity contribution in [2.75, 3.05) is 13.2 Å². The number of amides is 3. The lowest BCUT2D eigenvalue weighted by atomic mass is 10.0. The van der Waals surface area contributed by atoms with Gasteiger partial charge in [0.05, 0.1) is 6.61 Å². The first-order chi connectivity index (χ1) is 7.52. The zero-order chi connectivity index (χ0) is 12.1. The maximum Gasteiger partial charge on any atom is 0.312 e. The smallest absolute Gasteiger partial charge is 0.312 e. The first kappa shape index (κ1) is 12.8. The monoisotopic (exact) mass is 229 g/mol. The third-order valence-electron chi connectivity index (χ3n) is 2.48. The Morgan fingerprint density at radius 3 is 2.50 bits per heavy atom. The Morgan fingerprint density at radius 1 is 1.38 bits per heavy atom. The molecule has 0 radical (unpaired) electrons. The minimum atomic E-state index is -0.691. The van der Waals surface area contributed by atoms with Crippen LogP contribution in [0.5, 0.6) is 0 Å². The van der Waals surface area contributed by atoms with E-state index in [0.29, 0.717) is 13.2 Å². The van der Waals surface area contributed by atoms with Crippen LogP contribution in [0.25, 0.3) is 0 Å². The Balaban J connectivity index is 2.61. The molecule has 1 fully saturated rings. The average molecular weight is 229 g/mol. The molecular formula is C10H19N3O3. The normalized spacial score (nSPS) is 18.3. The lowest BCUT2D eigenvalue weighted by Gasteiger charge is -2.30. The number of hydrogen-bond acceptors (Lipinski definition) is 3. The summed E-state index contributed by atoms with van der Waals surface area (Å²) in [5.74, 6) is -0.251. The van der Waals surface area contributed by atoms with Gasteiger partial charge >= 0.3 is 6.03 Å². The molecule has 6 nitrogen and oxygen atoms in total. The molecule has 0 saturated carbocycles. The highest BCUT2D eigenvalue weighted by atomic mass is 16.7. The Kier molecular flexibility index (Phi) is 4.54. The Hall–Kier alpha value is -1.30. The van der Waals surface area contributed by atoms with Crippen molar-refractivity contribution >= 4 is 11.9 Å². The highest BCUT2D eigenvalue weighted by Crippen LogP contribution is 2.11. The van der Waals surface area contributed by atoms with Gasteiger partial charge in [-0.05, 0) is 18.8 Å². The van der Waals surface area contributed by atoms with Crippen molar-refractivity contribution in [3.8, 4) is 0 Å². The van der Waals surface area contributed by atoms with Crippen molar-refractivity contribution in [2.45, 2.75) is 32.7 Å². The van der Waals surface area contributed by atoms with Gasteiger partial charge in [-0.2, -0.15) is 0 Å². The van der Waals surface area contributed by atoms with Gasteiger partial charge in [-0.15, -0.1) is 0 Å². The van der Waals surface area contributed by atoms with E-state index in [1.54, 1.807) is 0 Å². The molecule has 1 rings (SSSR count). The van der Waals surface area contributed by atoms with E-state index in [1.807, 2.05) is 13.8 Å². The van der Waals surface area contributed by atoms with Crippen LogP contribution in [0.3, 0.4) is 0 Å². The van der Waals surface area contributed by atoms with E-state index >= 15 is 0 Å². The molecular weight excluding hydrogens is 210 g/mol. The highest BCUT2D eigenvalue weighted by molar-refractivity contribution is 5.86. The van der Waals surface area contributed by atoms with Crippen LogP contribution in [0, 0.1) is 5.92 Å². The van der Waals surface area contributed by atoms with Crippen LogP contribution in [0.1, 0.15) is 26.7 Å². The first-order valence-electron chi connectivity index (χ1n) is 5.52. The first-order valence-corrected chi connectivity index (χ1v) is 5.52. The summed E-state index contributed by atoms with van der Waals surface area (Å²) in [5, 5.41) is 3.77. The molecule has 1 saturated heterocycles. The lowest BCUT2D eigenvalue weighted by Crippen LogP contribution is -2.53. The van der Waals surface area contributed by atoms with Crippen LogP contribution in [0.2, 0.25) is 0 Å². The molecule has 6 heteroatoms. The molecule has 16 heavy (non-hydrogen) atoms. The standard InChI is InChI=1S/C10H19N3O3/c1-7(2)8(12-10(11)15)9(14)13-5-3-4-6-16-13/h7-8H,3-6H2,1-2H3,(H3,11,12,15). The van der Waals surface area contributed by atoms with Crippen LogP contribution in [-0.2, 0) is 9.63 Å². The Bertz CT molecular complexity index is 262. The fourth-order valence-corrected chi connectivity index (χ4v) is 1.59. The second-order valence-corrected chi connectivity index (χ2v) is 4.21. The molecule has 0 aliphatic carbocycles. The fourth-order valence-electron chi connectivity index (χ4n) is 1.59. The molecule has 1 unspecified atom stereocenters. The van der Waals surface area contributed by atoms with Crippen molar-refractivity contribution in [1.29, 1.82) is 0 Å². The zero-order valence-corrected chi connectivity index (χ0v) is 9.73. The summed E-state index contributed by atoms with van der Waals surface area (Å²) >= 11 is 0. The van der Waals surface area contributed by atoms with Crippen LogP contribution in [0.4, 0.5) is 4.79 Å². The number of hydrogen-bond donors (Lipinski definition) is 2. The number of primary amides is 1. The predicted molar refractivity (Wildman–Crippen MR) is 58.2 cm³/mol. The summed E-state index contributed by atoms with van der Waals surface area (Å²) in [7, 11) is 0.